The number of anilines is 2. The van der Waals surface area contributed by atoms with Crippen LogP contribution in [0.5, 0.6) is 5.75 Å². The first kappa shape index (κ1) is 25.3. The maximum absolute atomic E-state index is 13.0. The Balaban J connectivity index is 1.58. The Morgan fingerprint density at radius 2 is 1.78 bits per heavy atom. The van der Waals surface area contributed by atoms with Crippen LogP contribution in [0.4, 0.5) is 29.5 Å². The Morgan fingerprint density at radius 3 is 2.39 bits per heavy atom. The third kappa shape index (κ3) is 5.89. The lowest BCUT2D eigenvalue weighted by atomic mass is 10.1. The third-order valence-corrected chi connectivity index (χ3v) is 5.78. The summed E-state index contributed by atoms with van der Waals surface area (Å²) in [6.45, 7) is 4.02. The number of nitrogens with two attached hydrogens (primary N) is 1. The van der Waals surface area contributed by atoms with Crippen LogP contribution in [-0.4, -0.2) is 67.2 Å². The number of aromatic nitrogens is 2. The number of carbonyl (C=O) groups is 1. The molecule has 2 aromatic carbocycles. The zero-order chi connectivity index (χ0) is 25.7. The second-order valence-corrected chi connectivity index (χ2v) is 8.13. The molecule has 0 saturated carbocycles. The minimum Gasteiger partial charge on any atom is -0.497 e. The summed E-state index contributed by atoms with van der Waals surface area (Å²) in [7, 11) is 1.54. The Labute approximate surface area is 206 Å². The van der Waals surface area contributed by atoms with E-state index in [0.29, 0.717) is 49.0 Å². The molecular weight excluding hydrogens is 477 g/mol. The molecular formula is C24H27F3N6O3. The summed E-state index contributed by atoms with van der Waals surface area (Å²) in [6, 6.07) is 10.9. The van der Waals surface area contributed by atoms with E-state index < -0.39 is 17.8 Å². The van der Waals surface area contributed by atoms with Crippen LogP contribution in [0.25, 0.3) is 16.9 Å². The van der Waals surface area contributed by atoms with E-state index in [1.165, 1.54) is 16.8 Å². The highest BCUT2D eigenvalue weighted by atomic mass is 19.4. The predicted molar refractivity (Wildman–Crippen MR) is 129 cm³/mol. The second-order valence-electron chi connectivity index (χ2n) is 8.13. The number of carbonyl (C=O) groups excluding carboxylic acids is 1. The van der Waals surface area contributed by atoms with Gasteiger partial charge in [-0.2, -0.15) is 18.3 Å². The molecule has 2 heterocycles. The molecule has 0 radical (unpaired) electrons. The molecule has 36 heavy (non-hydrogen) atoms. The highest BCUT2D eigenvalue weighted by molar-refractivity contribution is 5.97. The van der Waals surface area contributed by atoms with Gasteiger partial charge in [-0.1, -0.05) is 0 Å². The Bertz CT molecular complexity index is 1170. The molecule has 4 N–H and O–H groups in total. The molecule has 4 rings (SSSR count). The van der Waals surface area contributed by atoms with E-state index in [1.54, 1.807) is 31.4 Å². The molecule has 1 aliphatic rings. The number of urea groups is 1. The molecule has 0 aliphatic carbocycles. The Morgan fingerprint density at radius 1 is 1.11 bits per heavy atom. The first-order valence-corrected chi connectivity index (χ1v) is 11.3. The second kappa shape index (κ2) is 10.9. The first-order valence-electron chi connectivity index (χ1n) is 11.3. The molecule has 1 aliphatic heterocycles. The fraction of sp³-hybridized carbons (Fsp3) is 0.333. The van der Waals surface area contributed by atoms with Crippen molar-refractivity contribution in [2.75, 3.05) is 57.6 Å². The quantitative estimate of drug-likeness (QED) is 0.454. The number of rotatable bonds is 7. The highest BCUT2D eigenvalue weighted by Gasteiger charge is 2.30. The van der Waals surface area contributed by atoms with E-state index >= 15 is 0 Å². The van der Waals surface area contributed by atoms with Crippen molar-refractivity contribution >= 4 is 17.5 Å². The van der Waals surface area contributed by atoms with Crippen LogP contribution in [0.1, 0.15) is 5.56 Å². The standard InChI is InChI=1S/C24H27F3N6O3/c1-35-19-8-2-16(3-9-19)20-21(30-23(34)29-10-11-32-12-14-36-15-13-32)22(28)33(31-20)18-6-4-17(5-7-18)24(25,26)27/h2-9H,10-15,28H2,1H3,(H2,29,30,34). The molecule has 0 atom stereocenters. The van der Waals surface area contributed by atoms with E-state index in [0.717, 1.165) is 25.2 Å². The maximum atomic E-state index is 13.0. The first-order chi connectivity index (χ1) is 17.3. The predicted octanol–water partition coefficient (Wildman–Crippen LogP) is 3.60. The van der Waals surface area contributed by atoms with Crippen molar-refractivity contribution in [3.63, 3.8) is 0 Å². The van der Waals surface area contributed by atoms with Crippen LogP contribution in [0.2, 0.25) is 0 Å². The third-order valence-electron chi connectivity index (χ3n) is 5.78. The number of nitrogens with zero attached hydrogens (tertiary/aromatic N) is 3. The molecule has 12 heteroatoms. The monoisotopic (exact) mass is 504 g/mol. The van der Waals surface area contributed by atoms with Gasteiger partial charge in [-0.25, -0.2) is 9.48 Å². The van der Waals surface area contributed by atoms with Gasteiger partial charge in [-0.15, -0.1) is 0 Å². The number of nitrogens with one attached hydrogen (secondary N) is 2. The number of amides is 2. The molecule has 1 aromatic heterocycles. The van der Waals surface area contributed by atoms with Crippen LogP contribution in [0.15, 0.2) is 48.5 Å². The average molecular weight is 505 g/mol. The fourth-order valence-electron chi connectivity index (χ4n) is 3.80. The summed E-state index contributed by atoms with van der Waals surface area (Å²) in [4.78, 5) is 14.9. The zero-order valence-electron chi connectivity index (χ0n) is 19.6. The molecule has 9 nitrogen and oxygen atoms in total. The molecule has 0 bridgehead atoms. The summed E-state index contributed by atoms with van der Waals surface area (Å²) >= 11 is 0. The number of halogens is 3. The van der Waals surface area contributed by atoms with Crippen LogP contribution in [0, 0.1) is 0 Å². The lowest BCUT2D eigenvalue weighted by Gasteiger charge is -2.26. The van der Waals surface area contributed by atoms with Gasteiger partial charge in [0.15, 0.2) is 5.82 Å². The topological polar surface area (TPSA) is 107 Å². The minimum absolute atomic E-state index is 0.0731. The summed E-state index contributed by atoms with van der Waals surface area (Å²) < 4.78 is 50.8. The Hall–Kier alpha value is -3.77. The number of benzene rings is 2. The van der Waals surface area contributed by atoms with E-state index in [1.807, 2.05) is 0 Å². The van der Waals surface area contributed by atoms with Crippen molar-refractivity contribution in [3.05, 3.63) is 54.1 Å². The maximum Gasteiger partial charge on any atom is 0.416 e. The SMILES string of the molecule is COc1ccc(-c2nn(-c3ccc(C(F)(F)F)cc3)c(N)c2NC(=O)NCCN2CCOCC2)cc1. The molecule has 0 spiro atoms. The van der Waals surface area contributed by atoms with Gasteiger partial charge in [-0.3, -0.25) is 4.90 Å². The van der Waals surface area contributed by atoms with Crippen LogP contribution in [0.3, 0.4) is 0 Å². The van der Waals surface area contributed by atoms with Crippen molar-refractivity contribution in [2.24, 2.45) is 0 Å². The molecule has 3 aromatic rings. The number of alkyl halides is 3. The number of hydrogen-bond donors (Lipinski definition) is 3. The molecule has 1 saturated heterocycles. The van der Waals surface area contributed by atoms with E-state index in [-0.39, 0.29) is 11.5 Å². The molecule has 0 unspecified atom stereocenters. The van der Waals surface area contributed by atoms with E-state index in [9.17, 15) is 18.0 Å². The fourth-order valence-corrected chi connectivity index (χ4v) is 3.80. The molecule has 1 fully saturated rings. The van der Waals surface area contributed by atoms with Crippen LogP contribution < -0.4 is 21.1 Å². The van der Waals surface area contributed by atoms with Gasteiger partial charge in [0.1, 0.15) is 17.1 Å². The Kier molecular flexibility index (Phi) is 7.65. The molecule has 2 amide bonds. The number of ether oxygens (including phenoxy) is 2. The van der Waals surface area contributed by atoms with Crippen molar-refractivity contribution < 1.29 is 27.4 Å². The number of nitrogen functional groups attached to an aromatic ring is 1. The zero-order valence-corrected chi connectivity index (χ0v) is 19.6. The average Bonchev–Trinajstić information content (AvgIpc) is 3.20. The number of morpholine rings is 1. The normalized spacial score (nSPS) is 14.4. The van der Waals surface area contributed by atoms with Crippen LogP contribution in [-0.2, 0) is 10.9 Å². The minimum atomic E-state index is -4.46. The van der Waals surface area contributed by atoms with Crippen molar-refractivity contribution in [1.82, 2.24) is 20.0 Å². The van der Waals surface area contributed by atoms with Gasteiger partial charge >= 0.3 is 12.2 Å². The van der Waals surface area contributed by atoms with Gasteiger partial charge in [0.25, 0.3) is 0 Å². The van der Waals surface area contributed by atoms with Crippen molar-refractivity contribution in [1.29, 1.82) is 0 Å². The van der Waals surface area contributed by atoms with E-state index in [2.05, 4.69) is 20.6 Å². The van der Waals surface area contributed by atoms with Gasteiger partial charge in [0.05, 0.1) is 31.6 Å². The lowest BCUT2D eigenvalue weighted by molar-refractivity contribution is -0.137. The van der Waals surface area contributed by atoms with Gasteiger partial charge in [0, 0.05) is 31.7 Å². The summed E-state index contributed by atoms with van der Waals surface area (Å²) in [5.41, 5.74) is 7.10. The van der Waals surface area contributed by atoms with Crippen LogP contribution >= 0.6 is 0 Å². The smallest absolute Gasteiger partial charge is 0.416 e. The summed E-state index contributed by atoms with van der Waals surface area (Å²) in [6.07, 6.45) is -4.46. The summed E-state index contributed by atoms with van der Waals surface area (Å²) in [5.74, 6) is 0.702. The van der Waals surface area contributed by atoms with Crippen molar-refractivity contribution in [2.45, 2.75) is 6.18 Å². The molecule has 192 valence electrons. The number of hydrogen-bond acceptors (Lipinski definition) is 6. The van der Waals surface area contributed by atoms with Gasteiger partial charge in [0.2, 0.25) is 0 Å². The largest absolute Gasteiger partial charge is 0.497 e. The van der Waals surface area contributed by atoms with E-state index in [4.69, 9.17) is 15.2 Å². The number of methoxy groups -OCH3 is 1. The lowest BCUT2D eigenvalue weighted by Crippen LogP contribution is -2.42. The van der Waals surface area contributed by atoms with Crippen molar-refractivity contribution in [3.8, 4) is 22.7 Å². The summed E-state index contributed by atoms with van der Waals surface area (Å²) in [5, 5.41) is 10.1. The van der Waals surface area contributed by atoms with Gasteiger partial charge in [-0.05, 0) is 48.5 Å². The van der Waals surface area contributed by atoms with Gasteiger partial charge < -0.3 is 25.8 Å². The highest BCUT2D eigenvalue weighted by Crippen LogP contribution is 2.36.